The zero-order valence-electron chi connectivity index (χ0n) is 9.58. The molecule has 2 N–H and O–H groups in total. The maximum atomic E-state index is 11.8. The van der Waals surface area contributed by atoms with Crippen LogP contribution in [0.5, 0.6) is 0 Å². The molecular formula is C13H19NOS. The van der Waals surface area contributed by atoms with Crippen LogP contribution >= 0.6 is 11.3 Å². The first-order valence-electron chi connectivity index (χ1n) is 6.00. The van der Waals surface area contributed by atoms with Crippen LogP contribution in [0.4, 0.5) is 0 Å². The minimum Gasteiger partial charge on any atom is -0.325 e. The number of hydrogen-bond acceptors (Lipinski definition) is 3. The highest BCUT2D eigenvalue weighted by atomic mass is 32.1. The van der Waals surface area contributed by atoms with Gasteiger partial charge in [-0.2, -0.15) is 11.3 Å². The molecule has 1 heterocycles. The van der Waals surface area contributed by atoms with Crippen LogP contribution in [-0.4, -0.2) is 11.3 Å². The van der Waals surface area contributed by atoms with Gasteiger partial charge in [-0.25, -0.2) is 0 Å². The van der Waals surface area contributed by atoms with E-state index in [0.29, 0.717) is 18.6 Å². The van der Waals surface area contributed by atoms with E-state index < -0.39 is 0 Å². The molecule has 2 rings (SSSR count). The monoisotopic (exact) mass is 237 g/mol. The van der Waals surface area contributed by atoms with E-state index in [1.807, 2.05) is 0 Å². The normalized spacial score (nSPS) is 18.8. The Bertz CT molecular complexity index is 339. The van der Waals surface area contributed by atoms with E-state index in [9.17, 15) is 4.79 Å². The summed E-state index contributed by atoms with van der Waals surface area (Å²) >= 11 is 1.69. The number of nitrogens with two attached hydrogens (primary N) is 1. The highest BCUT2D eigenvalue weighted by molar-refractivity contribution is 7.07. The predicted octanol–water partition coefficient (Wildman–Crippen LogP) is 2.91. The van der Waals surface area contributed by atoms with Crippen LogP contribution in [0.1, 0.15) is 44.1 Å². The van der Waals surface area contributed by atoms with Crippen molar-refractivity contribution < 1.29 is 4.79 Å². The van der Waals surface area contributed by atoms with Crippen molar-refractivity contribution in [3.63, 3.8) is 0 Å². The molecule has 1 aromatic rings. The zero-order chi connectivity index (χ0) is 11.4. The summed E-state index contributed by atoms with van der Waals surface area (Å²) in [6.07, 6.45) is 6.53. The van der Waals surface area contributed by atoms with Gasteiger partial charge in [0.2, 0.25) is 0 Å². The lowest BCUT2D eigenvalue weighted by atomic mass is 9.90. The third-order valence-electron chi connectivity index (χ3n) is 3.42. The van der Waals surface area contributed by atoms with Gasteiger partial charge in [-0.1, -0.05) is 12.8 Å². The van der Waals surface area contributed by atoms with Gasteiger partial charge in [-0.15, -0.1) is 0 Å². The van der Waals surface area contributed by atoms with Gasteiger partial charge in [-0.3, -0.25) is 4.79 Å². The van der Waals surface area contributed by atoms with Crippen molar-refractivity contribution in [3.8, 4) is 0 Å². The molecule has 0 atom stereocenters. The third-order valence-corrected chi connectivity index (χ3v) is 4.15. The Morgan fingerprint density at radius 3 is 2.81 bits per heavy atom. The summed E-state index contributed by atoms with van der Waals surface area (Å²) in [6.45, 7) is 0. The van der Waals surface area contributed by atoms with Crippen molar-refractivity contribution in [1.29, 1.82) is 0 Å². The molecule has 3 heteroatoms. The first-order valence-corrected chi connectivity index (χ1v) is 6.94. The number of aryl methyl sites for hydroxylation is 1. The number of carbonyl (C=O) groups excluding carboxylic acids is 1. The minimum absolute atomic E-state index is 0.175. The molecule has 0 bridgehead atoms. The molecule has 1 aliphatic rings. The van der Waals surface area contributed by atoms with E-state index in [1.165, 1.54) is 18.4 Å². The summed E-state index contributed by atoms with van der Waals surface area (Å²) in [5.74, 6) is 0.329. The van der Waals surface area contributed by atoms with Crippen molar-refractivity contribution in [1.82, 2.24) is 0 Å². The summed E-state index contributed by atoms with van der Waals surface area (Å²) in [5.41, 5.74) is 7.29. The maximum absolute atomic E-state index is 11.8. The topological polar surface area (TPSA) is 43.1 Å². The lowest BCUT2D eigenvalue weighted by Gasteiger charge is -2.22. The van der Waals surface area contributed by atoms with Gasteiger partial charge < -0.3 is 5.73 Å². The maximum Gasteiger partial charge on any atom is 0.135 e. The van der Waals surface area contributed by atoms with Crippen LogP contribution < -0.4 is 5.73 Å². The molecule has 0 spiro atoms. The first kappa shape index (κ1) is 11.8. The Balaban J connectivity index is 1.76. The van der Waals surface area contributed by atoms with Gasteiger partial charge in [0.15, 0.2) is 0 Å². The fourth-order valence-corrected chi connectivity index (χ4v) is 3.16. The van der Waals surface area contributed by atoms with Crippen LogP contribution in [0, 0.1) is 0 Å². The second-order valence-corrected chi connectivity index (χ2v) is 5.70. The molecule has 0 saturated heterocycles. The molecule has 1 aromatic heterocycles. The van der Waals surface area contributed by atoms with Crippen molar-refractivity contribution in [2.24, 2.45) is 5.73 Å². The number of ketones is 1. The molecule has 2 nitrogen and oxygen atoms in total. The van der Waals surface area contributed by atoms with Crippen molar-refractivity contribution in [3.05, 3.63) is 22.4 Å². The van der Waals surface area contributed by atoms with E-state index in [1.54, 1.807) is 11.3 Å². The summed E-state index contributed by atoms with van der Waals surface area (Å²) < 4.78 is 0. The molecule has 1 aliphatic carbocycles. The highest BCUT2D eigenvalue weighted by Crippen LogP contribution is 2.30. The van der Waals surface area contributed by atoms with Gasteiger partial charge in [-0.05, 0) is 41.7 Å². The molecule has 88 valence electrons. The summed E-state index contributed by atoms with van der Waals surface area (Å²) in [4.78, 5) is 11.8. The average molecular weight is 237 g/mol. The van der Waals surface area contributed by atoms with Crippen LogP contribution in [-0.2, 0) is 11.2 Å². The summed E-state index contributed by atoms with van der Waals surface area (Å²) in [5, 5.41) is 4.17. The Morgan fingerprint density at radius 1 is 1.44 bits per heavy atom. The van der Waals surface area contributed by atoms with Crippen molar-refractivity contribution >= 4 is 17.1 Å². The molecule has 0 aromatic carbocycles. The van der Waals surface area contributed by atoms with E-state index >= 15 is 0 Å². The SMILES string of the molecule is NC1(CC(=O)CCc2ccsc2)CCCC1. The van der Waals surface area contributed by atoms with Gasteiger partial charge in [0.1, 0.15) is 5.78 Å². The van der Waals surface area contributed by atoms with Gasteiger partial charge in [0.25, 0.3) is 0 Å². The van der Waals surface area contributed by atoms with E-state index in [2.05, 4.69) is 16.8 Å². The number of rotatable bonds is 5. The molecule has 0 amide bonds. The number of hydrogen-bond donors (Lipinski definition) is 1. The second-order valence-electron chi connectivity index (χ2n) is 4.92. The minimum atomic E-state index is -0.175. The molecule has 0 unspecified atom stereocenters. The molecule has 1 saturated carbocycles. The van der Waals surface area contributed by atoms with E-state index in [-0.39, 0.29) is 5.54 Å². The Kier molecular flexibility index (Phi) is 3.77. The average Bonchev–Trinajstić information content (AvgIpc) is 2.86. The lowest BCUT2D eigenvalue weighted by molar-refractivity contribution is -0.120. The van der Waals surface area contributed by atoms with E-state index in [4.69, 9.17) is 5.73 Å². The number of thiophene rings is 1. The van der Waals surface area contributed by atoms with Crippen LogP contribution in [0.2, 0.25) is 0 Å². The Labute approximate surface area is 101 Å². The smallest absolute Gasteiger partial charge is 0.135 e. The lowest BCUT2D eigenvalue weighted by Crippen LogP contribution is -2.38. The molecular weight excluding hydrogens is 218 g/mol. The number of Topliss-reactive ketones (excluding diaryl/α,β-unsaturated/α-hetero) is 1. The summed E-state index contributed by atoms with van der Waals surface area (Å²) in [6, 6.07) is 2.09. The molecule has 16 heavy (non-hydrogen) atoms. The van der Waals surface area contributed by atoms with Gasteiger partial charge in [0, 0.05) is 18.4 Å². The van der Waals surface area contributed by atoms with Crippen LogP contribution in [0.15, 0.2) is 16.8 Å². The highest BCUT2D eigenvalue weighted by Gasteiger charge is 2.31. The van der Waals surface area contributed by atoms with Crippen LogP contribution in [0.25, 0.3) is 0 Å². The second kappa shape index (κ2) is 5.11. The third kappa shape index (κ3) is 3.16. The quantitative estimate of drug-likeness (QED) is 0.855. The summed E-state index contributed by atoms with van der Waals surface area (Å²) in [7, 11) is 0. The number of carbonyl (C=O) groups is 1. The fraction of sp³-hybridized carbons (Fsp3) is 0.615. The molecule has 0 aliphatic heterocycles. The molecule has 1 fully saturated rings. The largest absolute Gasteiger partial charge is 0.325 e. The van der Waals surface area contributed by atoms with E-state index in [0.717, 1.165) is 19.3 Å². The zero-order valence-corrected chi connectivity index (χ0v) is 10.4. The Morgan fingerprint density at radius 2 is 2.19 bits per heavy atom. The van der Waals surface area contributed by atoms with Gasteiger partial charge in [0.05, 0.1) is 0 Å². The standard InChI is InChI=1S/C13H19NOS/c14-13(6-1-2-7-13)9-12(15)4-3-11-5-8-16-10-11/h5,8,10H,1-4,6-7,9,14H2. The van der Waals surface area contributed by atoms with Crippen LogP contribution in [0.3, 0.4) is 0 Å². The van der Waals surface area contributed by atoms with Crippen molar-refractivity contribution in [2.45, 2.75) is 50.5 Å². The Hall–Kier alpha value is -0.670. The predicted molar refractivity (Wildman–Crippen MR) is 67.7 cm³/mol. The van der Waals surface area contributed by atoms with Crippen molar-refractivity contribution in [2.75, 3.05) is 0 Å². The fourth-order valence-electron chi connectivity index (χ4n) is 2.46. The van der Waals surface area contributed by atoms with Gasteiger partial charge >= 0.3 is 0 Å². The first-order chi connectivity index (χ1) is 7.68. The molecule has 0 radical (unpaired) electrons.